The van der Waals surface area contributed by atoms with Crippen LogP contribution in [0.25, 0.3) is 6.08 Å². The highest BCUT2D eigenvalue weighted by atomic mass is 16.6. The summed E-state index contributed by atoms with van der Waals surface area (Å²) in [6, 6.07) is 8.67. The first-order chi connectivity index (χ1) is 7.61. The van der Waals surface area contributed by atoms with Gasteiger partial charge < -0.3 is 5.11 Å². The van der Waals surface area contributed by atoms with Crippen LogP contribution in [0.4, 0.5) is 0 Å². The molecule has 0 aliphatic heterocycles. The van der Waals surface area contributed by atoms with Crippen LogP contribution in [0.15, 0.2) is 36.4 Å². The third kappa shape index (κ3) is 3.82. The predicted octanol–water partition coefficient (Wildman–Crippen LogP) is 2.12. The van der Waals surface area contributed by atoms with Gasteiger partial charge in [-0.25, -0.2) is 0 Å². The summed E-state index contributed by atoms with van der Waals surface area (Å²) < 4.78 is 0. The number of nitro groups is 1. The van der Waals surface area contributed by atoms with E-state index in [1.807, 2.05) is 36.4 Å². The molecule has 0 saturated carbocycles. The van der Waals surface area contributed by atoms with E-state index in [4.69, 9.17) is 0 Å². The van der Waals surface area contributed by atoms with E-state index >= 15 is 0 Å². The maximum Gasteiger partial charge on any atom is 0.236 e. The van der Waals surface area contributed by atoms with Gasteiger partial charge in [0, 0.05) is 11.8 Å². The third-order valence-electron chi connectivity index (χ3n) is 2.38. The fourth-order valence-corrected chi connectivity index (χ4v) is 1.25. The zero-order chi connectivity index (χ0) is 12.0. The summed E-state index contributed by atoms with van der Waals surface area (Å²) in [4.78, 5) is 9.92. The van der Waals surface area contributed by atoms with Crippen molar-refractivity contribution in [2.45, 2.75) is 25.5 Å². The normalized spacial score (nSPS) is 14.9. The van der Waals surface area contributed by atoms with Gasteiger partial charge in [-0.2, -0.15) is 0 Å². The molecule has 0 aliphatic rings. The van der Waals surface area contributed by atoms with Crippen molar-refractivity contribution in [1.29, 1.82) is 0 Å². The largest absolute Gasteiger partial charge is 0.386 e. The van der Waals surface area contributed by atoms with Crippen molar-refractivity contribution < 1.29 is 10.0 Å². The van der Waals surface area contributed by atoms with Crippen molar-refractivity contribution in [3.8, 4) is 0 Å². The summed E-state index contributed by atoms with van der Waals surface area (Å²) in [5.41, 5.74) is 1.02. The Morgan fingerprint density at radius 2 is 2.06 bits per heavy atom. The van der Waals surface area contributed by atoms with E-state index in [2.05, 4.69) is 0 Å². The lowest BCUT2D eigenvalue weighted by Crippen LogP contribution is -2.29. The molecule has 0 unspecified atom stereocenters. The van der Waals surface area contributed by atoms with Gasteiger partial charge in [-0.05, 0) is 12.0 Å². The second-order valence-corrected chi connectivity index (χ2v) is 3.64. The van der Waals surface area contributed by atoms with Gasteiger partial charge in [0.05, 0.1) is 0 Å². The van der Waals surface area contributed by atoms with Crippen LogP contribution >= 0.6 is 0 Å². The molecule has 0 saturated heterocycles. The molecule has 16 heavy (non-hydrogen) atoms. The molecule has 0 heterocycles. The zero-order valence-corrected chi connectivity index (χ0v) is 9.11. The standard InChI is InChI=1S/C12H15NO3/c1-10(13(15)16)12(14)9-5-8-11-6-3-2-4-7-11/h2-8,10,12,14H,9H2,1H3/b8-5+/t10-,12+/m1/s1. The predicted molar refractivity (Wildman–Crippen MR) is 62.6 cm³/mol. The minimum atomic E-state index is -0.935. The Morgan fingerprint density at radius 1 is 1.44 bits per heavy atom. The summed E-state index contributed by atoms with van der Waals surface area (Å²) in [6.45, 7) is 1.40. The molecular weight excluding hydrogens is 206 g/mol. The molecule has 0 amide bonds. The first kappa shape index (κ1) is 12.4. The molecule has 1 N–H and O–H groups in total. The van der Waals surface area contributed by atoms with Crippen LogP contribution in [0.5, 0.6) is 0 Å². The molecule has 0 aliphatic carbocycles. The first-order valence-electron chi connectivity index (χ1n) is 5.14. The number of nitrogens with zero attached hydrogens (tertiary/aromatic N) is 1. The van der Waals surface area contributed by atoms with Crippen LogP contribution < -0.4 is 0 Å². The molecule has 1 aromatic rings. The van der Waals surface area contributed by atoms with E-state index in [9.17, 15) is 15.2 Å². The quantitative estimate of drug-likeness (QED) is 0.611. The van der Waals surface area contributed by atoms with Gasteiger partial charge in [0.2, 0.25) is 6.04 Å². The van der Waals surface area contributed by atoms with Gasteiger partial charge in [0.25, 0.3) is 0 Å². The van der Waals surface area contributed by atoms with Gasteiger partial charge in [-0.1, -0.05) is 42.5 Å². The Balaban J connectivity index is 2.46. The van der Waals surface area contributed by atoms with Crippen LogP contribution in [0.3, 0.4) is 0 Å². The van der Waals surface area contributed by atoms with Crippen LogP contribution in [0, 0.1) is 10.1 Å². The Bertz CT molecular complexity index is 362. The first-order valence-corrected chi connectivity index (χ1v) is 5.14. The van der Waals surface area contributed by atoms with Crippen molar-refractivity contribution >= 4 is 6.08 Å². The van der Waals surface area contributed by atoms with Crippen molar-refractivity contribution in [2.75, 3.05) is 0 Å². The van der Waals surface area contributed by atoms with Crippen LogP contribution in [-0.2, 0) is 0 Å². The molecular formula is C12H15NO3. The van der Waals surface area contributed by atoms with Crippen LogP contribution in [0.2, 0.25) is 0 Å². The zero-order valence-electron chi connectivity index (χ0n) is 9.11. The SMILES string of the molecule is C[C@H]([C@@H](O)C/C=C/c1ccccc1)[N+](=O)[O-]. The monoisotopic (exact) mass is 221 g/mol. The summed E-state index contributed by atoms with van der Waals surface area (Å²) in [7, 11) is 0. The Morgan fingerprint density at radius 3 is 2.62 bits per heavy atom. The molecule has 2 atom stereocenters. The minimum absolute atomic E-state index is 0.289. The molecule has 0 bridgehead atoms. The smallest absolute Gasteiger partial charge is 0.236 e. The lowest BCUT2D eigenvalue weighted by Gasteiger charge is -2.09. The van der Waals surface area contributed by atoms with Crippen molar-refractivity contribution in [3.63, 3.8) is 0 Å². The van der Waals surface area contributed by atoms with E-state index in [1.165, 1.54) is 6.92 Å². The molecule has 1 rings (SSSR count). The second kappa shape index (κ2) is 6.02. The number of hydrogen-bond acceptors (Lipinski definition) is 3. The highest BCUT2D eigenvalue weighted by Crippen LogP contribution is 2.06. The average Bonchev–Trinajstić information content (AvgIpc) is 2.29. The molecule has 1 aromatic carbocycles. The topological polar surface area (TPSA) is 63.4 Å². The molecule has 4 heteroatoms. The van der Waals surface area contributed by atoms with Crippen molar-refractivity contribution in [2.24, 2.45) is 0 Å². The maximum atomic E-state index is 10.4. The number of hydrogen-bond donors (Lipinski definition) is 1. The lowest BCUT2D eigenvalue weighted by atomic mass is 10.1. The minimum Gasteiger partial charge on any atom is -0.386 e. The summed E-state index contributed by atoms with van der Waals surface area (Å²) in [5.74, 6) is 0. The van der Waals surface area contributed by atoms with Crippen LogP contribution in [0.1, 0.15) is 18.9 Å². The van der Waals surface area contributed by atoms with Crippen LogP contribution in [-0.4, -0.2) is 22.2 Å². The highest BCUT2D eigenvalue weighted by Gasteiger charge is 2.22. The number of benzene rings is 1. The maximum absolute atomic E-state index is 10.4. The van der Waals surface area contributed by atoms with Gasteiger partial charge in [-0.15, -0.1) is 0 Å². The van der Waals surface area contributed by atoms with Gasteiger partial charge in [0.1, 0.15) is 6.10 Å². The average molecular weight is 221 g/mol. The summed E-state index contributed by atoms with van der Waals surface area (Å²) >= 11 is 0. The molecule has 0 radical (unpaired) electrons. The third-order valence-corrected chi connectivity index (χ3v) is 2.38. The fourth-order valence-electron chi connectivity index (χ4n) is 1.25. The van der Waals surface area contributed by atoms with E-state index in [-0.39, 0.29) is 6.42 Å². The molecule has 0 aromatic heterocycles. The van der Waals surface area contributed by atoms with E-state index in [1.54, 1.807) is 6.08 Å². The van der Waals surface area contributed by atoms with Gasteiger partial charge >= 0.3 is 0 Å². The van der Waals surface area contributed by atoms with Gasteiger partial charge in [0.15, 0.2) is 0 Å². The molecule has 0 spiro atoms. The van der Waals surface area contributed by atoms with E-state index in [0.29, 0.717) is 0 Å². The van der Waals surface area contributed by atoms with Crippen molar-refractivity contribution in [3.05, 3.63) is 52.1 Å². The van der Waals surface area contributed by atoms with Gasteiger partial charge in [-0.3, -0.25) is 10.1 Å². The highest BCUT2D eigenvalue weighted by molar-refractivity contribution is 5.48. The Hall–Kier alpha value is -1.68. The summed E-state index contributed by atoms with van der Waals surface area (Å²) in [6.07, 6.45) is 2.95. The fraction of sp³-hybridized carbons (Fsp3) is 0.333. The molecule has 86 valence electrons. The molecule has 0 fully saturated rings. The van der Waals surface area contributed by atoms with Crippen molar-refractivity contribution in [1.82, 2.24) is 0 Å². The molecule has 4 nitrogen and oxygen atoms in total. The number of rotatable bonds is 5. The summed E-state index contributed by atoms with van der Waals surface area (Å²) in [5, 5.41) is 19.9. The van der Waals surface area contributed by atoms with E-state index < -0.39 is 17.1 Å². The number of aliphatic hydroxyl groups is 1. The number of aliphatic hydroxyl groups excluding tert-OH is 1. The second-order valence-electron chi connectivity index (χ2n) is 3.64. The van der Waals surface area contributed by atoms with E-state index in [0.717, 1.165) is 5.56 Å². The Kier molecular flexibility index (Phi) is 4.66. The lowest BCUT2D eigenvalue weighted by molar-refractivity contribution is -0.529. The Labute approximate surface area is 94.4 Å².